The summed E-state index contributed by atoms with van der Waals surface area (Å²) in [5, 5.41) is 4.33. The smallest absolute Gasteiger partial charge is 0.350 e. The van der Waals surface area contributed by atoms with Crippen LogP contribution >= 0.6 is 27.3 Å². The van der Waals surface area contributed by atoms with Crippen molar-refractivity contribution in [2.75, 3.05) is 19.0 Å². The number of rotatable bonds is 5. The van der Waals surface area contributed by atoms with E-state index in [-0.39, 0.29) is 12.5 Å². The molecule has 0 bridgehead atoms. The first-order valence-electron chi connectivity index (χ1n) is 5.94. The van der Waals surface area contributed by atoms with Crippen molar-refractivity contribution < 1.29 is 19.1 Å². The summed E-state index contributed by atoms with van der Waals surface area (Å²) in [6, 6.07) is 8.79. The molecule has 1 aromatic heterocycles. The van der Waals surface area contributed by atoms with Gasteiger partial charge in [-0.3, -0.25) is 4.79 Å². The second-order valence-electron chi connectivity index (χ2n) is 3.95. The highest BCUT2D eigenvalue weighted by molar-refractivity contribution is 9.10. The second kappa shape index (κ2) is 7.24. The van der Waals surface area contributed by atoms with E-state index in [4.69, 9.17) is 4.74 Å². The van der Waals surface area contributed by atoms with Gasteiger partial charge in [0.05, 0.1) is 12.8 Å². The normalized spacial score (nSPS) is 10.0. The van der Waals surface area contributed by atoms with Crippen molar-refractivity contribution in [3.05, 3.63) is 45.1 Å². The molecular formula is C14H12BrNO4S. The summed E-state index contributed by atoms with van der Waals surface area (Å²) in [4.78, 5) is 23.7. The highest BCUT2D eigenvalue weighted by Crippen LogP contribution is 2.23. The summed E-state index contributed by atoms with van der Waals surface area (Å²) in [5.74, 6) is -0.234. The van der Waals surface area contributed by atoms with Crippen LogP contribution in [0.1, 0.15) is 9.67 Å². The minimum Gasteiger partial charge on any atom is -0.484 e. The van der Waals surface area contributed by atoms with Crippen molar-refractivity contribution in [3.8, 4) is 5.75 Å². The number of carbonyl (C=O) groups is 2. The summed E-state index contributed by atoms with van der Waals surface area (Å²) >= 11 is 4.52. The number of methoxy groups -OCH3 is 1. The Hall–Kier alpha value is -1.86. The van der Waals surface area contributed by atoms with Crippen LogP contribution in [0.25, 0.3) is 0 Å². The van der Waals surface area contributed by atoms with Crippen LogP contribution in [-0.2, 0) is 9.53 Å². The lowest BCUT2D eigenvalue weighted by Gasteiger charge is -2.07. The van der Waals surface area contributed by atoms with Gasteiger partial charge in [-0.2, -0.15) is 0 Å². The monoisotopic (exact) mass is 369 g/mol. The topological polar surface area (TPSA) is 64.6 Å². The summed E-state index contributed by atoms with van der Waals surface area (Å²) in [6.45, 7) is -0.141. The molecule has 0 unspecified atom stereocenters. The van der Waals surface area contributed by atoms with Crippen LogP contribution in [0.5, 0.6) is 5.75 Å². The van der Waals surface area contributed by atoms with Crippen molar-refractivity contribution in [2.24, 2.45) is 0 Å². The number of carbonyl (C=O) groups excluding carboxylic acids is 2. The molecule has 1 heterocycles. The quantitative estimate of drug-likeness (QED) is 0.821. The Balaban J connectivity index is 1.92. The Labute approximate surface area is 134 Å². The zero-order chi connectivity index (χ0) is 15.2. The van der Waals surface area contributed by atoms with Gasteiger partial charge in [0, 0.05) is 4.47 Å². The first kappa shape index (κ1) is 15.5. The van der Waals surface area contributed by atoms with Crippen LogP contribution in [-0.4, -0.2) is 25.6 Å². The number of halogens is 1. The predicted molar refractivity (Wildman–Crippen MR) is 83.9 cm³/mol. The van der Waals surface area contributed by atoms with Gasteiger partial charge in [0.25, 0.3) is 5.91 Å². The van der Waals surface area contributed by atoms with E-state index in [1.807, 2.05) is 12.1 Å². The third-order valence-electron chi connectivity index (χ3n) is 2.49. The average Bonchev–Trinajstić information content (AvgIpc) is 2.94. The fraction of sp³-hybridized carbons (Fsp3) is 0.143. The highest BCUT2D eigenvalue weighted by atomic mass is 79.9. The number of thiophene rings is 1. The van der Waals surface area contributed by atoms with Gasteiger partial charge in [0.2, 0.25) is 0 Å². The molecule has 0 saturated heterocycles. The van der Waals surface area contributed by atoms with Crippen LogP contribution in [0.4, 0.5) is 5.69 Å². The third-order valence-corrected chi connectivity index (χ3v) is 3.92. The number of anilines is 1. The lowest BCUT2D eigenvalue weighted by Crippen LogP contribution is -2.21. The minimum absolute atomic E-state index is 0.141. The molecule has 0 fully saturated rings. The van der Waals surface area contributed by atoms with Gasteiger partial charge < -0.3 is 14.8 Å². The van der Waals surface area contributed by atoms with Gasteiger partial charge in [-0.15, -0.1) is 11.3 Å². The van der Waals surface area contributed by atoms with Crippen LogP contribution in [0, 0.1) is 0 Å². The van der Waals surface area contributed by atoms with E-state index in [9.17, 15) is 9.59 Å². The molecule has 110 valence electrons. The van der Waals surface area contributed by atoms with Crippen molar-refractivity contribution in [1.29, 1.82) is 0 Å². The average molecular weight is 370 g/mol. The minimum atomic E-state index is -0.478. The zero-order valence-corrected chi connectivity index (χ0v) is 13.5. The van der Waals surface area contributed by atoms with Gasteiger partial charge in [-0.25, -0.2) is 4.79 Å². The molecule has 0 spiro atoms. The largest absolute Gasteiger partial charge is 0.484 e. The molecule has 2 rings (SSSR count). The van der Waals surface area contributed by atoms with E-state index in [0.717, 1.165) is 4.47 Å². The molecule has 1 amide bonds. The predicted octanol–water partition coefficient (Wildman–Crippen LogP) is 3.31. The van der Waals surface area contributed by atoms with Crippen molar-refractivity contribution >= 4 is 44.8 Å². The fourth-order valence-corrected chi connectivity index (χ4v) is 2.55. The molecule has 0 atom stereocenters. The van der Waals surface area contributed by atoms with Crippen LogP contribution in [0.2, 0.25) is 0 Å². The van der Waals surface area contributed by atoms with Crippen LogP contribution < -0.4 is 10.1 Å². The lowest BCUT2D eigenvalue weighted by atomic mass is 10.3. The molecule has 0 saturated carbocycles. The number of ether oxygens (including phenoxy) is 2. The molecule has 1 N–H and O–H groups in total. The summed E-state index contributed by atoms with van der Waals surface area (Å²) in [7, 11) is 1.30. The fourth-order valence-electron chi connectivity index (χ4n) is 1.52. The molecule has 7 heteroatoms. The number of hydrogen-bond acceptors (Lipinski definition) is 5. The van der Waals surface area contributed by atoms with Crippen molar-refractivity contribution in [2.45, 2.75) is 0 Å². The first-order valence-corrected chi connectivity index (χ1v) is 7.61. The Morgan fingerprint density at radius 1 is 1.24 bits per heavy atom. The Bertz CT molecular complexity index is 639. The SMILES string of the molecule is COC(=O)c1sccc1NC(=O)COc1ccc(Br)cc1. The number of nitrogens with one attached hydrogen (secondary N) is 1. The summed E-state index contributed by atoms with van der Waals surface area (Å²) in [5.41, 5.74) is 0.427. The Kier molecular flexibility index (Phi) is 5.35. The molecule has 2 aromatic rings. The maximum Gasteiger partial charge on any atom is 0.350 e. The van der Waals surface area contributed by atoms with E-state index in [1.165, 1.54) is 18.4 Å². The molecule has 1 aromatic carbocycles. The Morgan fingerprint density at radius 2 is 1.95 bits per heavy atom. The van der Waals surface area contributed by atoms with Crippen molar-refractivity contribution in [1.82, 2.24) is 0 Å². The maximum atomic E-state index is 11.8. The second-order valence-corrected chi connectivity index (χ2v) is 5.78. The van der Waals surface area contributed by atoms with E-state index in [1.54, 1.807) is 23.6 Å². The van der Waals surface area contributed by atoms with E-state index >= 15 is 0 Å². The standard InChI is InChI=1S/C14H12BrNO4S/c1-19-14(18)13-11(6-7-21-13)16-12(17)8-20-10-4-2-9(15)3-5-10/h2-7H,8H2,1H3,(H,16,17). The molecule has 21 heavy (non-hydrogen) atoms. The molecule has 0 radical (unpaired) electrons. The van der Waals surface area contributed by atoms with Gasteiger partial charge >= 0.3 is 5.97 Å². The molecular weight excluding hydrogens is 358 g/mol. The maximum absolute atomic E-state index is 11.8. The number of benzene rings is 1. The summed E-state index contributed by atoms with van der Waals surface area (Å²) < 4.78 is 10.9. The third kappa shape index (κ3) is 4.30. The number of esters is 1. The van der Waals surface area contributed by atoms with E-state index in [0.29, 0.717) is 16.3 Å². The molecule has 0 aliphatic rings. The van der Waals surface area contributed by atoms with Gasteiger partial charge in [0.1, 0.15) is 10.6 Å². The molecule has 0 aliphatic carbocycles. The van der Waals surface area contributed by atoms with Crippen LogP contribution in [0.15, 0.2) is 40.2 Å². The van der Waals surface area contributed by atoms with Crippen LogP contribution in [0.3, 0.4) is 0 Å². The molecule has 5 nitrogen and oxygen atoms in total. The van der Waals surface area contributed by atoms with E-state index < -0.39 is 5.97 Å². The van der Waals surface area contributed by atoms with Gasteiger partial charge in [-0.05, 0) is 35.7 Å². The van der Waals surface area contributed by atoms with Crippen molar-refractivity contribution in [3.63, 3.8) is 0 Å². The lowest BCUT2D eigenvalue weighted by molar-refractivity contribution is -0.118. The van der Waals surface area contributed by atoms with Gasteiger partial charge in [-0.1, -0.05) is 15.9 Å². The first-order chi connectivity index (χ1) is 10.1. The van der Waals surface area contributed by atoms with Gasteiger partial charge in [0.15, 0.2) is 6.61 Å². The van der Waals surface area contributed by atoms with E-state index in [2.05, 4.69) is 26.0 Å². The molecule has 0 aliphatic heterocycles. The number of hydrogen-bond donors (Lipinski definition) is 1. The zero-order valence-electron chi connectivity index (χ0n) is 11.1. The Morgan fingerprint density at radius 3 is 2.62 bits per heavy atom. The highest BCUT2D eigenvalue weighted by Gasteiger charge is 2.15. The summed E-state index contributed by atoms with van der Waals surface area (Å²) in [6.07, 6.45) is 0. The number of amides is 1.